The van der Waals surface area contributed by atoms with Crippen molar-refractivity contribution < 1.29 is 4.79 Å². The molecule has 0 fully saturated rings. The van der Waals surface area contributed by atoms with Crippen molar-refractivity contribution in [3.8, 4) is 11.3 Å². The Bertz CT molecular complexity index is 972. The minimum atomic E-state index is -0.393. The van der Waals surface area contributed by atoms with Crippen molar-refractivity contribution in [2.45, 2.75) is 33.7 Å². The number of carbonyl (C=O) groups is 1. The molecule has 134 valence electrons. The molecule has 4 heteroatoms. The molecule has 0 saturated heterocycles. The number of aromatic nitrogens is 1. The third kappa shape index (κ3) is 3.68. The smallest absolute Gasteiger partial charge is 0.250 e. The molecule has 2 aromatic carbocycles. The highest BCUT2D eigenvalue weighted by molar-refractivity contribution is 6.30. The molecule has 0 radical (unpaired) electrons. The number of benzene rings is 2. The number of hydrogen-bond donors (Lipinski definition) is 1. The van der Waals surface area contributed by atoms with Crippen molar-refractivity contribution in [1.29, 1.82) is 0 Å². The lowest BCUT2D eigenvalue weighted by Crippen LogP contribution is -2.13. The molecule has 0 aliphatic heterocycles. The van der Waals surface area contributed by atoms with Crippen LogP contribution in [0.4, 0.5) is 0 Å². The second-order valence-electron chi connectivity index (χ2n) is 6.74. The molecule has 26 heavy (non-hydrogen) atoms. The number of carbonyl (C=O) groups excluding carboxylic acids is 1. The van der Waals surface area contributed by atoms with E-state index >= 15 is 0 Å². The minimum absolute atomic E-state index is 0.393. The molecule has 0 spiro atoms. The van der Waals surface area contributed by atoms with Crippen molar-refractivity contribution in [3.63, 3.8) is 0 Å². The van der Waals surface area contributed by atoms with E-state index in [1.54, 1.807) is 0 Å². The second kappa shape index (κ2) is 7.38. The van der Waals surface area contributed by atoms with Crippen LogP contribution in [0.5, 0.6) is 0 Å². The van der Waals surface area contributed by atoms with Crippen molar-refractivity contribution in [2.24, 2.45) is 5.73 Å². The monoisotopic (exact) mass is 366 g/mol. The first-order valence-electron chi connectivity index (χ1n) is 8.69. The number of aryl methyl sites for hydroxylation is 3. The summed E-state index contributed by atoms with van der Waals surface area (Å²) in [6.07, 6.45) is 0.826. The lowest BCUT2D eigenvalue weighted by Gasteiger charge is -2.14. The average Bonchev–Trinajstić information content (AvgIpc) is 2.90. The lowest BCUT2D eigenvalue weighted by molar-refractivity contribution is 0.0999. The van der Waals surface area contributed by atoms with E-state index in [1.165, 1.54) is 11.1 Å². The summed E-state index contributed by atoms with van der Waals surface area (Å²) in [6, 6.07) is 16.1. The summed E-state index contributed by atoms with van der Waals surface area (Å²) >= 11 is 6.10. The zero-order valence-corrected chi connectivity index (χ0v) is 16.1. The molecule has 0 saturated carbocycles. The largest absolute Gasteiger partial charge is 0.366 e. The van der Waals surface area contributed by atoms with Gasteiger partial charge in [-0.3, -0.25) is 4.79 Å². The summed E-state index contributed by atoms with van der Waals surface area (Å²) in [7, 11) is 0. The average molecular weight is 367 g/mol. The molecule has 3 nitrogen and oxygen atoms in total. The van der Waals surface area contributed by atoms with Gasteiger partial charge >= 0.3 is 0 Å². The fraction of sp³-hybridized carbons (Fsp3) is 0.227. The van der Waals surface area contributed by atoms with E-state index in [4.69, 9.17) is 17.3 Å². The Morgan fingerprint density at radius 3 is 2.50 bits per heavy atom. The highest BCUT2D eigenvalue weighted by Gasteiger charge is 2.17. The molecule has 1 amide bonds. The standard InChI is InChI=1S/C22H23ClN2O/c1-14-7-8-19(15(2)11-14)21-13-20(22(24)26)16(3)25(21)10-9-17-5-4-6-18(23)12-17/h4-8,11-13H,9-10H2,1-3H3,(H2,24,26). The van der Waals surface area contributed by atoms with Crippen LogP contribution in [-0.4, -0.2) is 10.5 Å². The molecule has 0 bridgehead atoms. The van der Waals surface area contributed by atoms with Crippen molar-refractivity contribution in [3.05, 3.63) is 81.5 Å². The Hall–Kier alpha value is -2.52. The van der Waals surface area contributed by atoms with E-state index in [9.17, 15) is 4.79 Å². The van der Waals surface area contributed by atoms with Crippen LogP contribution in [0.25, 0.3) is 11.3 Å². The molecular weight excluding hydrogens is 344 g/mol. The first-order chi connectivity index (χ1) is 12.4. The third-order valence-corrected chi connectivity index (χ3v) is 5.04. The Morgan fingerprint density at radius 1 is 1.08 bits per heavy atom. The van der Waals surface area contributed by atoms with Crippen LogP contribution < -0.4 is 5.73 Å². The Labute approximate surface area is 159 Å². The molecule has 3 rings (SSSR count). The number of nitrogens with zero attached hydrogens (tertiary/aromatic N) is 1. The molecule has 0 aliphatic carbocycles. The van der Waals surface area contributed by atoms with E-state index in [-0.39, 0.29) is 0 Å². The van der Waals surface area contributed by atoms with E-state index in [0.717, 1.165) is 40.5 Å². The zero-order valence-electron chi connectivity index (χ0n) is 15.3. The van der Waals surface area contributed by atoms with Gasteiger partial charge in [0.05, 0.1) is 5.56 Å². The molecule has 2 N–H and O–H groups in total. The van der Waals surface area contributed by atoms with E-state index in [2.05, 4.69) is 42.7 Å². The Kier molecular flexibility index (Phi) is 5.19. The minimum Gasteiger partial charge on any atom is -0.366 e. The summed E-state index contributed by atoms with van der Waals surface area (Å²) in [5, 5.41) is 0.735. The molecule has 0 unspecified atom stereocenters. The highest BCUT2D eigenvalue weighted by atomic mass is 35.5. The van der Waals surface area contributed by atoms with Gasteiger partial charge in [0.2, 0.25) is 0 Å². The van der Waals surface area contributed by atoms with Crippen LogP contribution in [0.1, 0.15) is 32.7 Å². The number of primary amides is 1. The number of nitrogens with two attached hydrogens (primary N) is 1. The van der Waals surface area contributed by atoms with Crippen molar-refractivity contribution in [2.75, 3.05) is 0 Å². The third-order valence-electron chi connectivity index (χ3n) is 4.80. The van der Waals surface area contributed by atoms with E-state index in [1.807, 2.05) is 31.2 Å². The molecule has 0 atom stereocenters. The number of amides is 1. The fourth-order valence-corrected chi connectivity index (χ4v) is 3.65. The van der Waals surface area contributed by atoms with Gasteiger partial charge in [0.1, 0.15) is 0 Å². The quantitative estimate of drug-likeness (QED) is 0.672. The summed E-state index contributed by atoms with van der Waals surface area (Å²) in [6.45, 7) is 6.87. The number of hydrogen-bond acceptors (Lipinski definition) is 1. The van der Waals surface area contributed by atoms with Crippen LogP contribution in [0, 0.1) is 20.8 Å². The Balaban J connectivity index is 2.03. The van der Waals surface area contributed by atoms with Crippen molar-refractivity contribution >= 4 is 17.5 Å². The maximum Gasteiger partial charge on any atom is 0.250 e. The SMILES string of the molecule is Cc1ccc(-c2cc(C(N)=O)c(C)n2CCc2cccc(Cl)c2)c(C)c1. The van der Waals surface area contributed by atoms with E-state index in [0.29, 0.717) is 5.56 Å². The van der Waals surface area contributed by atoms with E-state index < -0.39 is 5.91 Å². The maximum absolute atomic E-state index is 11.9. The zero-order chi connectivity index (χ0) is 18.8. The summed E-state index contributed by atoms with van der Waals surface area (Å²) in [4.78, 5) is 11.9. The predicted molar refractivity (Wildman–Crippen MR) is 108 cm³/mol. The molecule has 0 aliphatic rings. The van der Waals surface area contributed by atoms with Gasteiger partial charge in [-0.25, -0.2) is 0 Å². The van der Waals surface area contributed by atoms with Crippen LogP contribution in [0.15, 0.2) is 48.5 Å². The van der Waals surface area contributed by atoms with Crippen LogP contribution in [-0.2, 0) is 13.0 Å². The highest BCUT2D eigenvalue weighted by Crippen LogP contribution is 2.29. The lowest BCUT2D eigenvalue weighted by atomic mass is 10.0. The molecule has 3 aromatic rings. The Morgan fingerprint density at radius 2 is 1.85 bits per heavy atom. The van der Waals surface area contributed by atoms with Crippen LogP contribution in [0.3, 0.4) is 0 Å². The maximum atomic E-state index is 11.9. The normalized spacial score (nSPS) is 10.9. The van der Waals surface area contributed by atoms with Gasteiger partial charge in [0, 0.05) is 28.5 Å². The van der Waals surface area contributed by atoms with Crippen LogP contribution >= 0.6 is 11.6 Å². The summed E-state index contributed by atoms with van der Waals surface area (Å²) < 4.78 is 2.18. The molecule has 1 heterocycles. The number of halogens is 1. The molecule has 1 aromatic heterocycles. The van der Waals surface area contributed by atoms with Gasteiger partial charge in [0.15, 0.2) is 0 Å². The van der Waals surface area contributed by atoms with Gasteiger partial charge in [-0.2, -0.15) is 0 Å². The fourth-order valence-electron chi connectivity index (χ4n) is 3.44. The topological polar surface area (TPSA) is 48.0 Å². The van der Waals surface area contributed by atoms with Gasteiger partial charge in [-0.15, -0.1) is 0 Å². The summed E-state index contributed by atoms with van der Waals surface area (Å²) in [5.74, 6) is -0.393. The second-order valence-corrected chi connectivity index (χ2v) is 7.18. The number of rotatable bonds is 5. The van der Waals surface area contributed by atoms with Gasteiger partial charge in [0.25, 0.3) is 5.91 Å². The van der Waals surface area contributed by atoms with Gasteiger partial charge in [-0.05, 0) is 56.5 Å². The van der Waals surface area contributed by atoms with Crippen molar-refractivity contribution in [1.82, 2.24) is 4.57 Å². The van der Waals surface area contributed by atoms with Gasteiger partial charge in [-0.1, -0.05) is 47.5 Å². The first kappa shape index (κ1) is 18.3. The van der Waals surface area contributed by atoms with Crippen LogP contribution in [0.2, 0.25) is 5.02 Å². The first-order valence-corrected chi connectivity index (χ1v) is 9.06. The summed E-state index contributed by atoms with van der Waals surface area (Å²) in [5.41, 5.74) is 12.8. The predicted octanol–water partition coefficient (Wildman–Crippen LogP) is 5.08. The van der Waals surface area contributed by atoms with Gasteiger partial charge < -0.3 is 10.3 Å². The molecular formula is C22H23ClN2O.